The average Bonchev–Trinajstić information content (AvgIpc) is 2.47. The fraction of sp³-hybridized carbons (Fsp3) is 0.900. The topological polar surface area (TPSA) is 41.1 Å². The molecule has 0 unspecified atom stereocenters. The molecule has 1 heterocycles. The van der Waals surface area contributed by atoms with Crippen LogP contribution in [0.2, 0.25) is 0 Å². The molecule has 0 spiro atoms. The van der Waals surface area contributed by atoms with E-state index in [1.165, 1.54) is 0 Å². The number of amides is 1. The van der Waals surface area contributed by atoms with Crippen molar-refractivity contribution in [2.45, 2.75) is 31.5 Å². The maximum absolute atomic E-state index is 12.6. The second-order valence-corrected chi connectivity index (χ2v) is 4.55. The van der Waals surface area contributed by atoms with Crippen molar-refractivity contribution in [2.75, 3.05) is 13.1 Å². The van der Waals surface area contributed by atoms with Crippen LogP contribution in [0.5, 0.6) is 0 Å². The van der Waals surface area contributed by atoms with Crippen molar-refractivity contribution in [2.24, 2.45) is 11.8 Å². The van der Waals surface area contributed by atoms with E-state index in [9.17, 15) is 18.0 Å². The Morgan fingerprint density at radius 2 is 1.94 bits per heavy atom. The molecule has 92 valence electrons. The first kappa shape index (κ1) is 11.7. The van der Waals surface area contributed by atoms with Crippen LogP contribution in [0.4, 0.5) is 13.2 Å². The van der Waals surface area contributed by atoms with E-state index in [0.717, 1.165) is 19.3 Å². The summed E-state index contributed by atoms with van der Waals surface area (Å²) >= 11 is 0. The van der Waals surface area contributed by atoms with Crippen molar-refractivity contribution in [3.05, 3.63) is 0 Å². The lowest BCUT2D eigenvalue weighted by atomic mass is 9.84. The SMILES string of the molecule is O=C(N[C@@H]1CNC[C@H]1C(F)(F)F)C1CCC1. The molecule has 1 aliphatic carbocycles. The first-order valence-corrected chi connectivity index (χ1v) is 5.56. The fourth-order valence-corrected chi connectivity index (χ4v) is 2.15. The molecule has 0 aromatic carbocycles. The Kier molecular flexibility index (Phi) is 3.10. The van der Waals surface area contributed by atoms with Crippen LogP contribution in [0.1, 0.15) is 19.3 Å². The van der Waals surface area contributed by atoms with Gasteiger partial charge in [0.25, 0.3) is 0 Å². The van der Waals surface area contributed by atoms with Gasteiger partial charge >= 0.3 is 6.18 Å². The number of rotatable bonds is 2. The molecule has 2 fully saturated rings. The number of carbonyl (C=O) groups is 1. The van der Waals surface area contributed by atoms with Crippen molar-refractivity contribution >= 4 is 5.91 Å². The quantitative estimate of drug-likeness (QED) is 0.752. The monoisotopic (exact) mass is 236 g/mol. The molecule has 0 aromatic rings. The third kappa shape index (κ3) is 2.31. The summed E-state index contributed by atoms with van der Waals surface area (Å²) in [6.45, 7) is 0.113. The largest absolute Gasteiger partial charge is 0.395 e. The lowest BCUT2D eigenvalue weighted by molar-refractivity contribution is -0.174. The molecule has 0 aromatic heterocycles. The van der Waals surface area contributed by atoms with Crippen molar-refractivity contribution < 1.29 is 18.0 Å². The first-order valence-electron chi connectivity index (χ1n) is 5.56. The summed E-state index contributed by atoms with van der Waals surface area (Å²) in [6, 6.07) is -0.798. The fourth-order valence-electron chi connectivity index (χ4n) is 2.15. The number of carbonyl (C=O) groups excluding carboxylic acids is 1. The molecule has 0 bridgehead atoms. The molecule has 2 N–H and O–H groups in total. The summed E-state index contributed by atoms with van der Waals surface area (Å²) in [5, 5.41) is 5.19. The average molecular weight is 236 g/mol. The predicted molar refractivity (Wildman–Crippen MR) is 51.7 cm³/mol. The molecule has 1 amide bonds. The Bertz CT molecular complexity index is 276. The van der Waals surface area contributed by atoms with Gasteiger partial charge in [0.2, 0.25) is 5.91 Å². The van der Waals surface area contributed by atoms with Crippen LogP contribution < -0.4 is 10.6 Å². The van der Waals surface area contributed by atoms with Crippen molar-refractivity contribution in [3.63, 3.8) is 0 Å². The van der Waals surface area contributed by atoms with Crippen molar-refractivity contribution in [1.29, 1.82) is 0 Å². The minimum atomic E-state index is -4.24. The van der Waals surface area contributed by atoms with Gasteiger partial charge < -0.3 is 10.6 Å². The third-order valence-corrected chi connectivity index (χ3v) is 3.44. The van der Waals surface area contributed by atoms with Crippen LogP contribution in [-0.2, 0) is 4.79 Å². The zero-order valence-electron chi connectivity index (χ0n) is 8.81. The summed E-state index contributed by atoms with van der Waals surface area (Å²) < 4.78 is 37.7. The molecule has 1 saturated heterocycles. The van der Waals surface area contributed by atoms with Crippen molar-refractivity contribution in [1.82, 2.24) is 10.6 Å². The Labute approximate surface area is 91.8 Å². The second kappa shape index (κ2) is 4.24. The lowest BCUT2D eigenvalue weighted by Gasteiger charge is -2.28. The Morgan fingerprint density at radius 1 is 1.25 bits per heavy atom. The number of hydrogen-bond donors (Lipinski definition) is 2. The van der Waals surface area contributed by atoms with E-state index in [2.05, 4.69) is 10.6 Å². The van der Waals surface area contributed by atoms with Crippen LogP contribution in [-0.4, -0.2) is 31.2 Å². The molecular weight excluding hydrogens is 221 g/mol. The molecule has 0 radical (unpaired) electrons. The van der Waals surface area contributed by atoms with Crippen LogP contribution >= 0.6 is 0 Å². The highest BCUT2D eigenvalue weighted by Gasteiger charge is 2.48. The highest BCUT2D eigenvalue weighted by Crippen LogP contribution is 2.32. The number of halogens is 3. The van der Waals surface area contributed by atoms with Gasteiger partial charge in [0.1, 0.15) is 0 Å². The Balaban J connectivity index is 1.90. The standard InChI is InChI=1S/C10H15F3N2O/c11-10(12,13)7-4-14-5-8(7)15-9(16)6-2-1-3-6/h6-8,14H,1-5H2,(H,15,16)/t7-,8-/m1/s1. The maximum Gasteiger partial charge on any atom is 0.395 e. The molecule has 1 saturated carbocycles. The third-order valence-electron chi connectivity index (χ3n) is 3.44. The molecule has 2 atom stereocenters. The minimum absolute atomic E-state index is 0.0607. The van der Waals surface area contributed by atoms with E-state index in [1.54, 1.807) is 0 Å². The summed E-state index contributed by atoms with van der Waals surface area (Å²) in [5.41, 5.74) is 0. The van der Waals surface area contributed by atoms with Crippen LogP contribution in [0.15, 0.2) is 0 Å². The zero-order valence-corrected chi connectivity index (χ0v) is 8.81. The summed E-state index contributed by atoms with van der Waals surface area (Å²) in [4.78, 5) is 11.5. The summed E-state index contributed by atoms with van der Waals surface area (Å²) in [6.07, 6.45) is -1.61. The van der Waals surface area contributed by atoms with Crippen LogP contribution in [0, 0.1) is 11.8 Å². The second-order valence-electron chi connectivity index (χ2n) is 4.55. The highest BCUT2D eigenvalue weighted by atomic mass is 19.4. The minimum Gasteiger partial charge on any atom is -0.351 e. The zero-order chi connectivity index (χ0) is 11.8. The van der Waals surface area contributed by atoms with Gasteiger partial charge in [-0.05, 0) is 12.8 Å². The van der Waals surface area contributed by atoms with E-state index in [4.69, 9.17) is 0 Å². The smallest absolute Gasteiger partial charge is 0.351 e. The summed E-state index contributed by atoms with van der Waals surface area (Å²) in [7, 11) is 0. The molecule has 3 nitrogen and oxygen atoms in total. The van der Waals surface area contributed by atoms with E-state index < -0.39 is 18.1 Å². The van der Waals surface area contributed by atoms with E-state index >= 15 is 0 Å². The summed E-state index contributed by atoms with van der Waals surface area (Å²) in [5.74, 6) is -1.72. The predicted octanol–water partition coefficient (Wildman–Crippen LogP) is 1.05. The van der Waals surface area contributed by atoms with E-state index in [-0.39, 0.29) is 24.9 Å². The van der Waals surface area contributed by atoms with E-state index in [1.807, 2.05) is 0 Å². The molecule has 2 rings (SSSR count). The van der Waals surface area contributed by atoms with Gasteiger partial charge in [0, 0.05) is 19.0 Å². The Hall–Kier alpha value is -0.780. The van der Waals surface area contributed by atoms with Gasteiger partial charge in [-0.3, -0.25) is 4.79 Å². The number of nitrogens with one attached hydrogen (secondary N) is 2. The van der Waals surface area contributed by atoms with Gasteiger partial charge in [-0.2, -0.15) is 13.2 Å². The first-order chi connectivity index (χ1) is 7.48. The lowest BCUT2D eigenvalue weighted by Crippen LogP contribution is -2.48. The maximum atomic E-state index is 12.6. The molecular formula is C10H15F3N2O. The number of alkyl halides is 3. The highest BCUT2D eigenvalue weighted by molar-refractivity contribution is 5.79. The van der Waals surface area contributed by atoms with E-state index in [0.29, 0.717) is 0 Å². The van der Waals surface area contributed by atoms with Gasteiger partial charge in [0.05, 0.1) is 12.0 Å². The molecule has 6 heteroatoms. The molecule has 1 aliphatic heterocycles. The molecule has 2 aliphatic rings. The van der Waals surface area contributed by atoms with Crippen molar-refractivity contribution in [3.8, 4) is 0 Å². The van der Waals surface area contributed by atoms with Crippen LogP contribution in [0.3, 0.4) is 0 Å². The van der Waals surface area contributed by atoms with Gasteiger partial charge in [0.15, 0.2) is 0 Å². The van der Waals surface area contributed by atoms with Gasteiger partial charge in [-0.1, -0.05) is 6.42 Å². The van der Waals surface area contributed by atoms with Gasteiger partial charge in [-0.25, -0.2) is 0 Å². The van der Waals surface area contributed by atoms with Crippen LogP contribution in [0.25, 0.3) is 0 Å². The number of hydrogen-bond acceptors (Lipinski definition) is 2. The molecule has 16 heavy (non-hydrogen) atoms. The van der Waals surface area contributed by atoms with Gasteiger partial charge in [-0.15, -0.1) is 0 Å². The Morgan fingerprint density at radius 3 is 2.44 bits per heavy atom. The normalized spacial score (nSPS) is 31.2.